The van der Waals surface area contributed by atoms with Gasteiger partial charge in [-0.1, -0.05) is 18.6 Å². The Morgan fingerprint density at radius 3 is 3.06 bits per heavy atom. The van der Waals surface area contributed by atoms with Gasteiger partial charge < -0.3 is 0 Å². The molecule has 1 aliphatic carbocycles. The van der Waals surface area contributed by atoms with Crippen LogP contribution in [-0.2, 0) is 6.54 Å². The van der Waals surface area contributed by atoms with E-state index in [1.54, 1.807) is 6.20 Å². The normalized spacial score (nSPS) is 15.7. The second-order valence-corrected chi connectivity index (χ2v) is 4.65. The van der Waals surface area contributed by atoms with Crippen LogP contribution in [-0.4, -0.2) is 15.6 Å². The lowest BCUT2D eigenvalue weighted by atomic mass is 9.95. The fourth-order valence-electron chi connectivity index (χ4n) is 2.32. The summed E-state index contributed by atoms with van der Waals surface area (Å²) in [5.41, 5.74) is 2.07. The van der Waals surface area contributed by atoms with Crippen LogP contribution in [0, 0.1) is 0 Å². The highest BCUT2D eigenvalue weighted by atomic mass is 16.1. The molecule has 1 aliphatic rings. The number of carbonyl (C=O) groups is 1. The van der Waals surface area contributed by atoms with E-state index in [4.69, 9.17) is 0 Å². The summed E-state index contributed by atoms with van der Waals surface area (Å²) in [6.07, 6.45) is 10.3. The molecule has 92 valence electrons. The van der Waals surface area contributed by atoms with E-state index in [2.05, 4.69) is 18.1 Å². The first-order chi connectivity index (χ1) is 8.31. The van der Waals surface area contributed by atoms with E-state index in [1.165, 1.54) is 18.4 Å². The minimum Gasteiger partial charge on any atom is -0.292 e. The lowest BCUT2D eigenvalue weighted by Crippen LogP contribution is -2.11. The third-order valence-corrected chi connectivity index (χ3v) is 3.21. The number of ketones is 1. The molecule has 0 spiro atoms. The molecule has 0 amide bonds. The zero-order chi connectivity index (χ0) is 12.1. The number of hydrogen-bond donors (Lipinski definition) is 0. The SMILES string of the molecule is CCCn1nccc1C(=O)CC1=CCCCC1. The molecule has 2 rings (SSSR count). The van der Waals surface area contributed by atoms with Crippen LogP contribution >= 0.6 is 0 Å². The van der Waals surface area contributed by atoms with Crippen LogP contribution in [0.2, 0.25) is 0 Å². The van der Waals surface area contributed by atoms with E-state index in [0.717, 1.165) is 31.5 Å². The predicted molar refractivity (Wildman–Crippen MR) is 68.0 cm³/mol. The minimum atomic E-state index is 0.212. The van der Waals surface area contributed by atoms with Crippen molar-refractivity contribution in [1.29, 1.82) is 0 Å². The molecule has 0 aliphatic heterocycles. The quantitative estimate of drug-likeness (QED) is 0.576. The van der Waals surface area contributed by atoms with Crippen LogP contribution in [0.3, 0.4) is 0 Å². The van der Waals surface area contributed by atoms with Crippen LogP contribution < -0.4 is 0 Å². The molecule has 0 fully saturated rings. The van der Waals surface area contributed by atoms with Crippen LogP contribution in [0.4, 0.5) is 0 Å². The Balaban J connectivity index is 2.03. The van der Waals surface area contributed by atoms with Crippen LogP contribution in [0.25, 0.3) is 0 Å². The first kappa shape index (κ1) is 12.1. The summed E-state index contributed by atoms with van der Waals surface area (Å²) in [6, 6.07) is 1.83. The maximum Gasteiger partial charge on any atom is 0.184 e. The van der Waals surface area contributed by atoms with Crippen molar-refractivity contribution < 1.29 is 4.79 Å². The van der Waals surface area contributed by atoms with Crippen molar-refractivity contribution in [3.8, 4) is 0 Å². The molecule has 0 radical (unpaired) electrons. The maximum atomic E-state index is 12.2. The monoisotopic (exact) mass is 232 g/mol. The van der Waals surface area contributed by atoms with E-state index in [1.807, 2.05) is 10.7 Å². The van der Waals surface area contributed by atoms with Crippen molar-refractivity contribution in [3.63, 3.8) is 0 Å². The van der Waals surface area contributed by atoms with Crippen molar-refractivity contribution in [2.75, 3.05) is 0 Å². The summed E-state index contributed by atoms with van der Waals surface area (Å²) in [5, 5.41) is 4.20. The Labute approximate surface area is 103 Å². The Hall–Kier alpha value is -1.38. The molecule has 0 aromatic carbocycles. The average Bonchev–Trinajstić information content (AvgIpc) is 2.79. The van der Waals surface area contributed by atoms with Gasteiger partial charge in [-0.25, -0.2) is 0 Å². The topological polar surface area (TPSA) is 34.9 Å². The molecule has 0 unspecified atom stereocenters. The van der Waals surface area contributed by atoms with E-state index in [-0.39, 0.29) is 5.78 Å². The highest BCUT2D eigenvalue weighted by Crippen LogP contribution is 2.21. The Morgan fingerprint density at radius 2 is 2.35 bits per heavy atom. The lowest BCUT2D eigenvalue weighted by Gasteiger charge is -2.12. The average molecular weight is 232 g/mol. The third kappa shape index (κ3) is 3.05. The lowest BCUT2D eigenvalue weighted by molar-refractivity contribution is 0.0981. The number of aryl methyl sites for hydroxylation is 1. The molecule has 0 saturated heterocycles. The Bertz CT molecular complexity index is 418. The van der Waals surface area contributed by atoms with Crippen LogP contribution in [0.15, 0.2) is 23.9 Å². The maximum absolute atomic E-state index is 12.2. The van der Waals surface area contributed by atoms with Gasteiger partial charge in [0, 0.05) is 19.2 Å². The fraction of sp³-hybridized carbons (Fsp3) is 0.571. The fourth-order valence-corrected chi connectivity index (χ4v) is 2.32. The van der Waals surface area contributed by atoms with E-state index in [9.17, 15) is 4.79 Å². The van der Waals surface area contributed by atoms with E-state index < -0.39 is 0 Å². The highest BCUT2D eigenvalue weighted by molar-refractivity contribution is 5.96. The van der Waals surface area contributed by atoms with Crippen molar-refractivity contribution >= 4 is 5.78 Å². The van der Waals surface area contributed by atoms with Crippen molar-refractivity contribution in [2.24, 2.45) is 0 Å². The highest BCUT2D eigenvalue weighted by Gasteiger charge is 2.14. The number of Topliss-reactive ketones (excluding diaryl/α,β-unsaturated/α-hetero) is 1. The number of hydrogen-bond acceptors (Lipinski definition) is 2. The summed E-state index contributed by atoms with van der Waals surface area (Å²) >= 11 is 0. The van der Waals surface area contributed by atoms with Crippen LogP contribution in [0.1, 0.15) is 55.9 Å². The summed E-state index contributed by atoms with van der Waals surface area (Å²) < 4.78 is 1.83. The van der Waals surface area contributed by atoms with E-state index >= 15 is 0 Å². The molecular weight excluding hydrogens is 212 g/mol. The molecule has 1 aromatic heterocycles. The molecule has 0 atom stereocenters. The van der Waals surface area contributed by atoms with Gasteiger partial charge in [-0.05, 0) is 38.2 Å². The first-order valence-electron chi connectivity index (χ1n) is 6.54. The summed E-state index contributed by atoms with van der Waals surface area (Å²) in [5.74, 6) is 0.212. The largest absolute Gasteiger partial charge is 0.292 e. The van der Waals surface area contributed by atoms with Crippen LogP contribution in [0.5, 0.6) is 0 Å². The standard InChI is InChI=1S/C14H20N2O/c1-2-10-16-13(8-9-15-16)14(17)11-12-6-4-3-5-7-12/h6,8-9H,2-5,7,10-11H2,1H3. The number of nitrogens with zero attached hydrogens (tertiary/aromatic N) is 2. The van der Waals surface area contributed by atoms with Crippen molar-refractivity contribution in [3.05, 3.63) is 29.6 Å². The zero-order valence-electron chi connectivity index (χ0n) is 10.5. The first-order valence-corrected chi connectivity index (χ1v) is 6.54. The van der Waals surface area contributed by atoms with Gasteiger partial charge in [0.2, 0.25) is 0 Å². The number of carbonyl (C=O) groups excluding carboxylic acids is 1. The molecule has 0 N–H and O–H groups in total. The second kappa shape index (κ2) is 5.80. The molecule has 3 heteroatoms. The van der Waals surface area contributed by atoms with Gasteiger partial charge >= 0.3 is 0 Å². The minimum absolute atomic E-state index is 0.212. The van der Waals surface area contributed by atoms with Gasteiger partial charge in [0.25, 0.3) is 0 Å². The molecular formula is C14H20N2O. The van der Waals surface area contributed by atoms with Gasteiger partial charge in [-0.15, -0.1) is 0 Å². The summed E-state index contributed by atoms with van der Waals surface area (Å²) in [7, 11) is 0. The number of allylic oxidation sites excluding steroid dienone is 2. The molecule has 1 aromatic rings. The van der Waals surface area contributed by atoms with Gasteiger partial charge in [0.1, 0.15) is 5.69 Å². The molecule has 3 nitrogen and oxygen atoms in total. The second-order valence-electron chi connectivity index (χ2n) is 4.65. The Kier molecular flexibility index (Phi) is 4.13. The zero-order valence-corrected chi connectivity index (χ0v) is 10.5. The number of rotatable bonds is 5. The van der Waals surface area contributed by atoms with Gasteiger partial charge in [0.05, 0.1) is 0 Å². The molecule has 17 heavy (non-hydrogen) atoms. The van der Waals surface area contributed by atoms with E-state index in [0.29, 0.717) is 6.42 Å². The smallest absolute Gasteiger partial charge is 0.184 e. The molecule has 0 bridgehead atoms. The molecule has 0 saturated carbocycles. The summed E-state index contributed by atoms with van der Waals surface area (Å²) in [4.78, 5) is 12.2. The van der Waals surface area contributed by atoms with Gasteiger partial charge in [0.15, 0.2) is 5.78 Å². The van der Waals surface area contributed by atoms with Crippen molar-refractivity contribution in [1.82, 2.24) is 9.78 Å². The predicted octanol–water partition coefficient (Wildman–Crippen LogP) is 3.37. The van der Waals surface area contributed by atoms with Crippen molar-refractivity contribution in [2.45, 2.75) is 52.0 Å². The van der Waals surface area contributed by atoms with Gasteiger partial charge in [-0.3, -0.25) is 9.48 Å². The summed E-state index contributed by atoms with van der Waals surface area (Å²) in [6.45, 7) is 2.92. The molecule has 1 heterocycles. The third-order valence-electron chi connectivity index (χ3n) is 3.21. The Morgan fingerprint density at radius 1 is 1.47 bits per heavy atom. The van der Waals surface area contributed by atoms with Gasteiger partial charge in [-0.2, -0.15) is 5.10 Å². The number of aromatic nitrogens is 2.